The highest BCUT2D eigenvalue weighted by Crippen LogP contribution is 2.27. The fourth-order valence-corrected chi connectivity index (χ4v) is 4.33. The highest BCUT2D eigenvalue weighted by molar-refractivity contribution is 5.95. The molecule has 0 N–H and O–H groups in total. The molecule has 6 aromatic rings. The molecule has 0 atom stereocenters. The van der Waals surface area contributed by atoms with Crippen LogP contribution in [0.25, 0.3) is 33.7 Å². The number of nitrogens with zero attached hydrogens (tertiary/aromatic N) is 5. The number of hydrogen-bond acceptors (Lipinski definition) is 9. The Morgan fingerprint density at radius 2 is 1.49 bits per heavy atom. The first-order valence-electron chi connectivity index (χ1n) is 12.1. The number of benzene rings is 3. The summed E-state index contributed by atoms with van der Waals surface area (Å²) in [7, 11) is 0. The molecule has 10 heteroatoms. The Morgan fingerprint density at radius 3 is 2.18 bits per heavy atom. The highest BCUT2D eigenvalue weighted by Gasteiger charge is 2.17. The summed E-state index contributed by atoms with van der Waals surface area (Å²) < 4.78 is 17.6. The number of esters is 1. The van der Waals surface area contributed by atoms with Gasteiger partial charge in [0.25, 0.3) is 5.56 Å². The van der Waals surface area contributed by atoms with Crippen LogP contribution < -0.4 is 10.3 Å². The van der Waals surface area contributed by atoms with Crippen molar-refractivity contribution in [3.8, 4) is 28.5 Å². The molecule has 39 heavy (non-hydrogen) atoms. The molecule has 0 saturated heterocycles. The standard InChI is InChI=1S/C29H21N5O5/c1-17-30-27(32-38-17)21-8-3-6-19(14-21)16-34-25(35)13-12-20-7-5-11-24(26(20)34)37-29(36)23-10-4-9-22(15-23)28-31-18(2)39-33-28/h3-15H,16H2,1-2H3. The summed E-state index contributed by atoms with van der Waals surface area (Å²) in [5, 5.41) is 8.64. The fraction of sp³-hybridized carbons (Fsp3) is 0.103. The van der Waals surface area contributed by atoms with Crippen LogP contribution in [0, 0.1) is 13.8 Å². The smallest absolute Gasteiger partial charge is 0.343 e. The number of aryl methyl sites for hydroxylation is 2. The topological polar surface area (TPSA) is 126 Å². The third-order valence-electron chi connectivity index (χ3n) is 6.11. The lowest BCUT2D eigenvalue weighted by Crippen LogP contribution is -2.21. The van der Waals surface area contributed by atoms with E-state index in [0.717, 1.165) is 16.5 Å². The predicted octanol–water partition coefficient (Wildman–Crippen LogP) is 4.99. The third-order valence-corrected chi connectivity index (χ3v) is 6.11. The number of para-hydroxylation sites is 1. The maximum atomic E-state index is 13.2. The van der Waals surface area contributed by atoms with Crippen LogP contribution in [0.4, 0.5) is 0 Å². The normalized spacial score (nSPS) is 11.1. The van der Waals surface area contributed by atoms with Gasteiger partial charge in [-0.25, -0.2) is 4.79 Å². The van der Waals surface area contributed by atoms with Crippen LogP contribution in [-0.4, -0.2) is 30.8 Å². The largest absolute Gasteiger partial charge is 0.421 e. The molecular weight excluding hydrogens is 498 g/mol. The first-order valence-corrected chi connectivity index (χ1v) is 12.1. The Kier molecular flexibility index (Phi) is 6.04. The molecule has 10 nitrogen and oxygen atoms in total. The Morgan fingerprint density at radius 1 is 0.821 bits per heavy atom. The first kappa shape index (κ1) is 24.0. The summed E-state index contributed by atoms with van der Waals surface area (Å²) in [4.78, 5) is 34.8. The molecule has 6 rings (SSSR count). The van der Waals surface area contributed by atoms with E-state index in [1.807, 2.05) is 30.3 Å². The van der Waals surface area contributed by atoms with E-state index < -0.39 is 5.97 Å². The van der Waals surface area contributed by atoms with Crippen molar-refractivity contribution in [1.29, 1.82) is 0 Å². The molecule has 0 aliphatic carbocycles. The van der Waals surface area contributed by atoms with Gasteiger partial charge in [0, 0.05) is 36.4 Å². The maximum Gasteiger partial charge on any atom is 0.343 e. The Hall–Kier alpha value is -5.38. The molecule has 0 radical (unpaired) electrons. The Bertz CT molecular complexity index is 1900. The average molecular weight is 520 g/mol. The quantitative estimate of drug-likeness (QED) is 0.221. The van der Waals surface area contributed by atoms with Crippen LogP contribution in [0.2, 0.25) is 0 Å². The molecule has 0 saturated carbocycles. The third kappa shape index (κ3) is 4.82. The van der Waals surface area contributed by atoms with E-state index in [2.05, 4.69) is 20.3 Å². The fourth-order valence-electron chi connectivity index (χ4n) is 4.33. The van der Waals surface area contributed by atoms with Crippen LogP contribution in [0.3, 0.4) is 0 Å². The molecule has 0 spiro atoms. The van der Waals surface area contributed by atoms with Crippen molar-refractivity contribution in [1.82, 2.24) is 24.8 Å². The number of rotatable bonds is 6. The van der Waals surface area contributed by atoms with E-state index in [9.17, 15) is 9.59 Å². The zero-order chi connectivity index (χ0) is 26.9. The van der Waals surface area contributed by atoms with Crippen molar-refractivity contribution in [2.45, 2.75) is 20.4 Å². The number of fused-ring (bicyclic) bond motifs is 1. The number of ether oxygens (including phenoxy) is 1. The lowest BCUT2D eigenvalue weighted by molar-refractivity contribution is 0.0736. The van der Waals surface area contributed by atoms with Gasteiger partial charge in [-0.3, -0.25) is 4.79 Å². The van der Waals surface area contributed by atoms with E-state index >= 15 is 0 Å². The summed E-state index contributed by atoms with van der Waals surface area (Å²) in [6.07, 6.45) is 0. The van der Waals surface area contributed by atoms with Crippen LogP contribution in [0.15, 0.2) is 92.7 Å². The summed E-state index contributed by atoms with van der Waals surface area (Å²) in [6, 6.07) is 22.8. The van der Waals surface area contributed by atoms with Crippen LogP contribution >= 0.6 is 0 Å². The second-order valence-electron chi connectivity index (χ2n) is 8.90. The molecular formula is C29H21N5O5. The molecule has 3 aromatic heterocycles. The Balaban J connectivity index is 1.35. The molecule has 0 aliphatic heterocycles. The predicted molar refractivity (Wildman–Crippen MR) is 141 cm³/mol. The second kappa shape index (κ2) is 9.82. The Labute approximate surface area is 221 Å². The summed E-state index contributed by atoms with van der Waals surface area (Å²) >= 11 is 0. The summed E-state index contributed by atoms with van der Waals surface area (Å²) in [6.45, 7) is 3.65. The van der Waals surface area contributed by atoms with Crippen molar-refractivity contribution in [3.05, 3.63) is 112 Å². The van der Waals surface area contributed by atoms with E-state index in [1.54, 1.807) is 60.9 Å². The van der Waals surface area contributed by atoms with E-state index in [1.165, 1.54) is 6.07 Å². The van der Waals surface area contributed by atoms with E-state index in [0.29, 0.717) is 40.1 Å². The van der Waals surface area contributed by atoms with Gasteiger partial charge < -0.3 is 18.4 Å². The monoisotopic (exact) mass is 519 g/mol. The van der Waals surface area contributed by atoms with Gasteiger partial charge in [-0.15, -0.1) is 0 Å². The average Bonchev–Trinajstić information content (AvgIpc) is 3.59. The molecule has 0 bridgehead atoms. The van der Waals surface area contributed by atoms with E-state index in [-0.39, 0.29) is 17.9 Å². The van der Waals surface area contributed by atoms with Crippen LogP contribution in [0.5, 0.6) is 5.75 Å². The first-order chi connectivity index (χ1) is 18.9. The number of carbonyl (C=O) groups excluding carboxylic acids is 1. The van der Waals surface area contributed by atoms with Crippen molar-refractivity contribution >= 4 is 16.9 Å². The van der Waals surface area contributed by atoms with Gasteiger partial charge in [0.15, 0.2) is 5.75 Å². The molecule has 0 fully saturated rings. The van der Waals surface area contributed by atoms with Gasteiger partial charge in [0.2, 0.25) is 23.4 Å². The van der Waals surface area contributed by atoms with Gasteiger partial charge in [-0.2, -0.15) is 9.97 Å². The molecule has 0 amide bonds. The lowest BCUT2D eigenvalue weighted by atomic mass is 10.1. The molecule has 0 aliphatic rings. The van der Waals surface area contributed by atoms with Crippen molar-refractivity contribution < 1.29 is 18.6 Å². The van der Waals surface area contributed by atoms with Crippen molar-refractivity contribution in [3.63, 3.8) is 0 Å². The molecule has 3 heterocycles. The second-order valence-corrected chi connectivity index (χ2v) is 8.90. The van der Waals surface area contributed by atoms with Gasteiger partial charge in [-0.05, 0) is 35.9 Å². The zero-order valence-corrected chi connectivity index (χ0v) is 21.0. The minimum Gasteiger partial charge on any atom is -0.421 e. The zero-order valence-electron chi connectivity index (χ0n) is 21.0. The maximum absolute atomic E-state index is 13.2. The van der Waals surface area contributed by atoms with Crippen LogP contribution in [-0.2, 0) is 6.54 Å². The van der Waals surface area contributed by atoms with Gasteiger partial charge >= 0.3 is 5.97 Å². The summed E-state index contributed by atoms with van der Waals surface area (Å²) in [5.74, 6) is 1.41. The van der Waals surface area contributed by atoms with E-state index in [4.69, 9.17) is 13.8 Å². The van der Waals surface area contributed by atoms with Gasteiger partial charge in [0.05, 0.1) is 17.6 Å². The lowest BCUT2D eigenvalue weighted by Gasteiger charge is -2.14. The molecule has 0 unspecified atom stereocenters. The van der Waals surface area contributed by atoms with Crippen molar-refractivity contribution in [2.75, 3.05) is 0 Å². The summed E-state index contributed by atoms with van der Waals surface area (Å²) in [5.41, 5.74) is 2.80. The SMILES string of the molecule is Cc1nc(-c2cccc(Cn3c(=O)ccc4cccc(OC(=O)c5cccc(-c6noc(C)n6)c5)c43)c2)no1. The van der Waals surface area contributed by atoms with Gasteiger partial charge in [0.1, 0.15) is 0 Å². The molecule has 3 aromatic carbocycles. The number of carbonyl (C=O) groups is 1. The number of pyridine rings is 1. The minimum atomic E-state index is -0.582. The van der Waals surface area contributed by atoms with Gasteiger partial charge in [-0.1, -0.05) is 52.8 Å². The van der Waals surface area contributed by atoms with Crippen LogP contribution in [0.1, 0.15) is 27.7 Å². The minimum absolute atomic E-state index is 0.235. The number of aromatic nitrogens is 5. The molecule has 192 valence electrons. The number of hydrogen-bond donors (Lipinski definition) is 0. The highest BCUT2D eigenvalue weighted by atomic mass is 16.5. The van der Waals surface area contributed by atoms with Crippen molar-refractivity contribution in [2.24, 2.45) is 0 Å².